The lowest BCUT2D eigenvalue weighted by Crippen LogP contribution is -2.51. The van der Waals surface area contributed by atoms with Crippen molar-refractivity contribution in [3.8, 4) is 0 Å². The summed E-state index contributed by atoms with van der Waals surface area (Å²) < 4.78 is 4.93. The average molecular weight is 358 g/mol. The molecule has 12 nitrogen and oxygen atoms in total. The SMILES string of the molecule is CC(=O)C(NC(=O)N[C@@H](CC(N)=O)c1nc(C(N)CO)no1)[C@@H](C)O. The van der Waals surface area contributed by atoms with Gasteiger partial charge in [-0.2, -0.15) is 4.98 Å². The minimum Gasteiger partial charge on any atom is -0.394 e. The molecule has 0 saturated carbocycles. The van der Waals surface area contributed by atoms with E-state index in [1.807, 2.05) is 0 Å². The fourth-order valence-electron chi connectivity index (χ4n) is 1.93. The van der Waals surface area contributed by atoms with E-state index in [1.54, 1.807) is 0 Å². The number of aliphatic hydroxyl groups excluding tert-OH is 2. The molecule has 2 unspecified atom stereocenters. The molecule has 0 saturated heterocycles. The number of primary amides is 1. The molecule has 1 aromatic heterocycles. The molecule has 4 atom stereocenters. The number of carbonyl (C=O) groups excluding carboxylic acids is 3. The van der Waals surface area contributed by atoms with Gasteiger partial charge in [0, 0.05) is 0 Å². The maximum Gasteiger partial charge on any atom is 0.316 e. The summed E-state index contributed by atoms with van der Waals surface area (Å²) in [4.78, 5) is 38.6. The van der Waals surface area contributed by atoms with E-state index in [-0.39, 0.29) is 18.1 Å². The van der Waals surface area contributed by atoms with E-state index >= 15 is 0 Å². The summed E-state index contributed by atoms with van der Waals surface area (Å²) in [5.41, 5.74) is 10.7. The number of nitrogens with zero attached hydrogens (tertiary/aromatic N) is 2. The van der Waals surface area contributed by atoms with Crippen LogP contribution in [0.1, 0.15) is 44.1 Å². The summed E-state index contributed by atoms with van der Waals surface area (Å²) in [5.74, 6) is -1.37. The van der Waals surface area contributed by atoms with Gasteiger partial charge in [0.15, 0.2) is 11.6 Å². The van der Waals surface area contributed by atoms with Gasteiger partial charge in [-0.15, -0.1) is 0 Å². The van der Waals surface area contributed by atoms with Gasteiger partial charge in [-0.1, -0.05) is 5.16 Å². The van der Waals surface area contributed by atoms with Crippen LogP contribution < -0.4 is 22.1 Å². The van der Waals surface area contributed by atoms with Gasteiger partial charge in [-0.25, -0.2) is 4.79 Å². The zero-order chi connectivity index (χ0) is 19.1. The molecule has 0 bridgehead atoms. The fourth-order valence-corrected chi connectivity index (χ4v) is 1.93. The van der Waals surface area contributed by atoms with Crippen LogP contribution >= 0.6 is 0 Å². The highest BCUT2D eigenvalue weighted by atomic mass is 16.5. The maximum absolute atomic E-state index is 12.0. The maximum atomic E-state index is 12.0. The molecule has 12 heteroatoms. The Morgan fingerprint density at radius 2 is 1.96 bits per heavy atom. The molecule has 0 aliphatic carbocycles. The highest BCUT2D eigenvalue weighted by Crippen LogP contribution is 2.16. The third kappa shape index (κ3) is 6.10. The highest BCUT2D eigenvalue weighted by Gasteiger charge is 2.27. The number of urea groups is 1. The molecule has 0 spiro atoms. The summed E-state index contributed by atoms with van der Waals surface area (Å²) in [6.45, 7) is 2.12. The Morgan fingerprint density at radius 1 is 1.32 bits per heavy atom. The van der Waals surface area contributed by atoms with Crippen molar-refractivity contribution in [1.82, 2.24) is 20.8 Å². The summed E-state index contributed by atoms with van der Waals surface area (Å²) in [7, 11) is 0. The van der Waals surface area contributed by atoms with Crippen LogP contribution in [0.25, 0.3) is 0 Å². The molecule has 0 radical (unpaired) electrons. The van der Waals surface area contributed by atoms with Crippen molar-refractivity contribution in [3.05, 3.63) is 11.7 Å². The number of aromatic nitrogens is 2. The lowest BCUT2D eigenvalue weighted by atomic mass is 10.1. The van der Waals surface area contributed by atoms with Gasteiger partial charge in [0.05, 0.1) is 25.2 Å². The quantitative estimate of drug-likeness (QED) is 0.278. The Morgan fingerprint density at radius 3 is 2.44 bits per heavy atom. The Bertz CT molecular complexity index is 618. The monoisotopic (exact) mass is 358 g/mol. The average Bonchev–Trinajstić information content (AvgIpc) is 3.00. The Hall–Kier alpha value is -2.57. The van der Waals surface area contributed by atoms with E-state index in [2.05, 4.69) is 20.8 Å². The van der Waals surface area contributed by atoms with Gasteiger partial charge in [0.1, 0.15) is 12.1 Å². The van der Waals surface area contributed by atoms with Crippen molar-refractivity contribution in [1.29, 1.82) is 0 Å². The Balaban J connectivity index is 2.89. The molecule has 8 N–H and O–H groups in total. The van der Waals surface area contributed by atoms with Gasteiger partial charge in [0.2, 0.25) is 11.8 Å². The number of Topliss-reactive ketones (excluding diaryl/α,β-unsaturated/α-hetero) is 1. The lowest BCUT2D eigenvalue weighted by Gasteiger charge is -2.20. The molecule has 1 aromatic rings. The van der Waals surface area contributed by atoms with Crippen LogP contribution in [0.3, 0.4) is 0 Å². The van der Waals surface area contributed by atoms with Crippen LogP contribution in [-0.4, -0.2) is 56.8 Å². The Labute approximate surface area is 142 Å². The van der Waals surface area contributed by atoms with Crippen molar-refractivity contribution >= 4 is 17.7 Å². The van der Waals surface area contributed by atoms with E-state index in [0.29, 0.717) is 0 Å². The van der Waals surface area contributed by atoms with Crippen LogP contribution in [0.2, 0.25) is 0 Å². The Kier molecular flexibility index (Phi) is 7.42. The number of amides is 3. The largest absolute Gasteiger partial charge is 0.394 e. The van der Waals surface area contributed by atoms with E-state index in [1.165, 1.54) is 13.8 Å². The van der Waals surface area contributed by atoms with Gasteiger partial charge in [0.25, 0.3) is 0 Å². The highest BCUT2D eigenvalue weighted by molar-refractivity contribution is 5.87. The van der Waals surface area contributed by atoms with Crippen molar-refractivity contribution < 1.29 is 29.1 Å². The second kappa shape index (κ2) is 9.05. The molecule has 0 aliphatic heterocycles. The molecule has 140 valence electrons. The number of ketones is 1. The first-order chi connectivity index (χ1) is 11.6. The van der Waals surface area contributed by atoms with E-state index in [4.69, 9.17) is 21.1 Å². The fraction of sp³-hybridized carbons (Fsp3) is 0.615. The zero-order valence-corrected chi connectivity index (χ0v) is 13.8. The number of hydrogen-bond acceptors (Lipinski definition) is 9. The molecule has 0 aromatic carbocycles. The van der Waals surface area contributed by atoms with E-state index in [0.717, 1.165) is 0 Å². The van der Waals surface area contributed by atoms with Crippen LogP contribution in [0.4, 0.5) is 4.79 Å². The van der Waals surface area contributed by atoms with Crippen LogP contribution in [0, 0.1) is 0 Å². The third-order valence-electron chi connectivity index (χ3n) is 3.20. The second-order valence-electron chi connectivity index (χ2n) is 5.45. The first-order valence-electron chi connectivity index (χ1n) is 7.39. The standard InChI is InChI=1S/C13H22N6O6/c1-5(21)10(6(2)22)17-13(24)16-8(3-9(15)23)12-18-11(19-25-12)7(14)4-20/h5,7-8,10,20-21H,3-4,14H2,1-2H3,(H2,15,23)(H2,16,17,24)/t5-,7?,8+,10?/m1/s1. The number of aliphatic hydroxyl groups is 2. The smallest absolute Gasteiger partial charge is 0.316 e. The van der Waals surface area contributed by atoms with Gasteiger partial charge in [-0.3, -0.25) is 9.59 Å². The number of hydrogen-bond donors (Lipinski definition) is 6. The minimum atomic E-state index is -1.13. The molecule has 0 aliphatic rings. The number of rotatable bonds is 9. The van der Waals surface area contributed by atoms with E-state index < -0.39 is 48.6 Å². The predicted molar refractivity (Wildman–Crippen MR) is 82.7 cm³/mol. The first kappa shape index (κ1) is 20.5. The molecule has 3 amide bonds. The molecular formula is C13H22N6O6. The van der Waals surface area contributed by atoms with Gasteiger partial charge >= 0.3 is 6.03 Å². The third-order valence-corrected chi connectivity index (χ3v) is 3.20. The molecule has 1 rings (SSSR count). The zero-order valence-electron chi connectivity index (χ0n) is 13.8. The molecule has 1 heterocycles. The normalized spacial score (nSPS) is 15.7. The van der Waals surface area contributed by atoms with Crippen LogP contribution in [-0.2, 0) is 9.59 Å². The van der Waals surface area contributed by atoms with Crippen molar-refractivity contribution in [2.24, 2.45) is 11.5 Å². The molecule has 0 fully saturated rings. The molecule has 25 heavy (non-hydrogen) atoms. The predicted octanol–water partition coefficient (Wildman–Crippen LogP) is -2.38. The van der Waals surface area contributed by atoms with E-state index in [9.17, 15) is 19.5 Å². The summed E-state index contributed by atoms with van der Waals surface area (Å²) in [6, 6.07) is -3.95. The van der Waals surface area contributed by atoms with Gasteiger partial charge < -0.3 is 36.8 Å². The number of nitrogens with one attached hydrogen (secondary N) is 2. The summed E-state index contributed by atoms with van der Waals surface area (Å²) in [6.07, 6.45) is -1.47. The van der Waals surface area contributed by atoms with Crippen molar-refractivity contribution in [2.75, 3.05) is 6.61 Å². The summed E-state index contributed by atoms with van der Waals surface area (Å²) in [5, 5.41) is 26.7. The number of carbonyl (C=O) groups is 3. The lowest BCUT2D eigenvalue weighted by molar-refractivity contribution is -0.121. The topological polar surface area (TPSA) is 207 Å². The second-order valence-corrected chi connectivity index (χ2v) is 5.45. The van der Waals surface area contributed by atoms with Gasteiger partial charge in [-0.05, 0) is 13.8 Å². The molecular weight excluding hydrogens is 336 g/mol. The number of nitrogens with two attached hydrogens (primary N) is 2. The first-order valence-corrected chi connectivity index (χ1v) is 7.39. The van der Waals surface area contributed by atoms with Crippen molar-refractivity contribution in [2.45, 2.75) is 44.5 Å². The van der Waals surface area contributed by atoms with Crippen LogP contribution in [0.15, 0.2) is 4.52 Å². The summed E-state index contributed by atoms with van der Waals surface area (Å²) >= 11 is 0. The minimum absolute atomic E-state index is 0.0141. The van der Waals surface area contributed by atoms with Crippen LogP contribution in [0.5, 0.6) is 0 Å². The van der Waals surface area contributed by atoms with Crippen molar-refractivity contribution in [3.63, 3.8) is 0 Å².